The average Bonchev–Trinajstić information content (AvgIpc) is 3.35. The van der Waals surface area contributed by atoms with Gasteiger partial charge in [0.2, 0.25) is 0 Å². The van der Waals surface area contributed by atoms with E-state index in [4.69, 9.17) is 16.3 Å². The van der Waals surface area contributed by atoms with Gasteiger partial charge in [-0.05, 0) is 23.8 Å². The van der Waals surface area contributed by atoms with Crippen molar-refractivity contribution < 1.29 is 19.6 Å². The second-order valence-electron chi connectivity index (χ2n) is 8.36. The molecular weight excluding hydrogens is 456 g/mol. The van der Waals surface area contributed by atoms with Gasteiger partial charge in [0.05, 0.1) is 17.1 Å². The number of rotatable bonds is 6. The molecule has 1 amide bonds. The van der Waals surface area contributed by atoms with Crippen LogP contribution in [0.5, 0.6) is 0 Å². The van der Waals surface area contributed by atoms with Gasteiger partial charge in [0.25, 0.3) is 11.6 Å². The lowest BCUT2D eigenvalue weighted by Gasteiger charge is -2.41. The zero-order valence-electron chi connectivity index (χ0n) is 18.0. The summed E-state index contributed by atoms with van der Waals surface area (Å²) in [4.78, 5) is 26.0. The topological polar surface area (TPSA) is 92.9 Å². The normalized spacial score (nSPS) is 23.4. The van der Waals surface area contributed by atoms with Crippen LogP contribution in [-0.2, 0) is 17.0 Å². The van der Waals surface area contributed by atoms with Crippen molar-refractivity contribution in [3.05, 3.63) is 122 Å². The van der Waals surface area contributed by atoms with E-state index in [2.05, 4.69) is 0 Å². The highest BCUT2D eigenvalue weighted by atomic mass is 35.5. The first kappa shape index (κ1) is 22.3. The van der Waals surface area contributed by atoms with Gasteiger partial charge in [-0.1, -0.05) is 66.2 Å². The number of benzene rings is 3. The largest absolute Gasteiger partial charge is 0.389 e. The predicted octanol–water partition coefficient (Wildman–Crippen LogP) is 4.81. The van der Waals surface area contributed by atoms with Crippen molar-refractivity contribution in [2.75, 3.05) is 0 Å². The molecule has 1 N–H and O–H groups in total. The van der Waals surface area contributed by atoms with Crippen molar-refractivity contribution in [3.63, 3.8) is 0 Å². The summed E-state index contributed by atoms with van der Waals surface area (Å²) in [5.41, 5.74) is 1.34. The third-order valence-electron chi connectivity index (χ3n) is 6.21. The molecule has 0 saturated carbocycles. The van der Waals surface area contributed by atoms with Gasteiger partial charge in [0.1, 0.15) is 0 Å². The van der Waals surface area contributed by atoms with Crippen LogP contribution in [0.4, 0.5) is 5.69 Å². The molecule has 8 heteroatoms. The summed E-state index contributed by atoms with van der Waals surface area (Å²) < 4.78 is 6.71. The molecule has 3 atom stereocenters. The number of aliphatic hydroxyl groups is 1. The molecule has 3 aromatic rings. The number of carbonyl (C=O) groups is 1. The van der Waals surface area contributed by atoms with E-state index in [0.29, 0.717) is 28.1 Å². The summed E-state index contributed by atoms with van der Waals surface area (Å²) in [5, 5.41) is 21.7. The monoisotopic (exact) mass is 476 g/mol. The number of non-ortho nitro benzene ring substituents is 1. The molecule has 5 rings (SSSR count). The van der Waals surface area contributed by atoms with Crippen molar-refractivity contribution >= 4 is 23.2 Å². The molecule has 0 radical (unpaired) electrons. The first-order valence-corrected chi connectivity index (χ1v) is 11.2. The van der Waals surface area contributed by atoms with E-state index >= 15 is 0 Å². The maximum atomic E-state index is 13.7. The molecule has 1 heterocycles. The highest BCUT2D eigenvalue weighted by Gasteiger charge is 2.53. The van der Waals surface area contributed by atoms with Gasteiger partial charge >= 0.3 is 0 Å². The van der Waals surface area contributed by atoms with Gasteiger partial charge < -0.3 is 9.84 Å². The van der Waals surface area contributed by atoms with Crippen molar-refractivity contribution in [3.8, 4) is 0 Å². The molecule has 0 bridgehead atoms. The molecule has 1 aliphatic heterocycles. The zero-order chi connectivity index (χ0) is 23.9. The van der Waals surface area contributed by atoms with Gasteiger partial charge in [-0.25, -0.2) is 0 Å². The maximum Gasteiger partial charge on any atom is 0.269 e. The molecule has 0 fully saturated rings. The van der Waals surface area contributed by atoms with E-state index in [1.165, 1.54) is 12.1 Å². The average molecular weight is 477 g/mol. The fourth-order valence-electron chi connectivity index (χ4n) is 4.62. The Bertz CT molecular complexity index is 1280. The Kier molecular flexibility index (Phi) is 5.69. The number of nitro benzene ring substituents is 1. The van der Waals surface area contributed by atoms with Crippen LogP contribution in [-0.4, -0.2) is 33.0 Å². The fraction of sp³-hybridized carbons (Fsp3) is 0.192. The minimum atomic E-state index is -1.28. The van der Waals surface area contributed by atoms with Crippen molar-refractivity contribution in [1.82, 2.24) is 4.90 Å². The molecular formula is C26H21ClN2O5. The minimum absolute atomic E-state index is 0.0231. The Balaban J connectivity index is 1.65. The van der Waals surface area contributed by atoms with Crippen molar-refractivity contribution in [2.24, 2.45) is 0 Å². The molecule has 172 valence electrons. The number of hydrogen-bond acceptors (Lipinski definition) is 5. The van der Waals surface area contributed by atoms with Crippen LogP contribution in [0, 0.1) is 10.1 Å². The van der Waals surface area contributed by atoms with Crippen LogP contribution < -0.4 is 0 Å². The molecule has 2 unspecified atom stereocenters. The molecule has 3 aromatic carbocycles. The Morgan fingerprint density at radius 2 is 1.76 bits per heavy atom. The van der Waals surface area contributed by atoms with Gasteiger partial charge in [-0.3, -0.25) is 19.8 Å². The van der Waals surface area contributed by atoms with Gasteiger partial charge in [0, 0.05) is 46.8 Å². The number of nitrogens with zero attached hydrogens (tertiary/aromatic N) is 2. The molecule has 0 aromatic heterocycles. The van der Waals surface area contributed by atoms with Crippen molar-refractivity contribution in [1.29, 1.82) is 0 Å². The Morgan fingerprint density at radius 1 is 1.06 bits per heavy atom. The summed E-state index contributed by atoms with van der Waals surface area (Å²) in [6.07, 6.45) is 2.81. The van der Waals surface area contributed by atoms with Crippen LogP contribution in [0.25, 0.3) is 0 Å². The van der Waals surface area contributed by atoms with Crippen LogP contribution >= 0.6 is 11.6 Å². The summed E-state index contributed by atoms with van der Waals surface area (Å²) in [7, 11) is 0. The highest BCUT2D eigenvalue weighted by Crippen LogP contribution is 2.47. The fourth-order valence-corrected chi connectivity index (χ4v) is 4.75. The Morgan fingerprint density at radius 3 is 2.41 bits per heavy atom. The van der Waals surface area contributed by atoms with Crippen LogP contribution in [0.15, 0.2) is 84.9 Å². The first-order valence-electron chi connectivity index (χ1n) is 10.8. The molecule has 2 aliphatic rings. The van der Waals surface area contributed by atoms with E-state index in [0.717, 1.165) is 5.56 Å². The molecule has 34 heavy (non-hydrogen) atoms. The SMILES string of the molecule is O=C1c2ccccc2C(OC2C=C[C@@H](O)C2)(c2ccc(Cl)cc2)N1Cc1ccc([N+](=O)[O-])cc1. The summed E-state index contributed by atoms with van der Waals surface area (Å²) in [6, 6.07) is 20.6. The summed E-state index contributed by atoms with van der Waals surface area (Å²) >= 11 is 6.17. The molecule has 0 spiro atoms. The summed E-state index contributed by atoms with van der Waals surface area (Å²) in [5.74, 6) is -0.216. The van der Waals surface area contributed by atoms with E-state index in [1.54, 1.807) is 53.5 Å². The number of amides is 1. The quantitative estimate of drug-likeness (QED) is 0.313. The highest BCUT2D eigenvalue weighted by molar-refractivity contribution is 6.30. The second kappa shape index (κ2) is 8.68. The molecule has 1 aliphatic carbocycles. The summed E-state index contributed by atoms with van der Waals surface area (Å²) in [6.45, 7) is 0.160. The van der Waals surface area contributed by atoms with Gasteiger partial charge in [-0.15, -0.1) is 0 Å². The Labute approximate surface area is 201 Å². The smallest absolute Gasteiger partial charge is 0.269 e. The number of halogens is 1. The van der Waals surface area contributed by atoms with E-state index in [-0.39, 0.29) is 18.1 Å². The predicted molar refractivity (Wildman–Crippen MR) is 126 cm³/mol. The third-order valence-corrected chi connectivity index (χ3v) is 6.47. The number of carbonyl (C=O) groups excluding carboxylic acids is 1. The van der Waals surface area contributed by atoms with Crippen LogP contribution in [0.3, 0.4) is 0 Å². The van der Waals surface area contributed by atoms with Crippen LogP contribution in [0.1, 0.15) is 33.5 Å². The number of nitro groups is 1. The Hall–Kier alpha value is -3.52. The zero-order valence-corrected chi connectivity index (χ0v) is 18.8. The second-order valence-corrected chi connectivity index (χ2v) is 8.79. The molecule has 0 saturated heterocycles. The number of ether oxygens (including phenoxy) is 1. The third kappa shape index (κ3) is 3.77. The lowest BCUT2D eigenvalue weighted by molar-refractivity contribution is -0.384. The number of hydrogen-bond donors (Lipinski definition) is 1. The minimum Gasteiger partial charge on any atom is -0.389 e. The lowest BCUT2D eigenvalue weighted by atomic mass is 9.92. The van der Waals surface area contributed by atoms with Crippen molar-refractivity contribution in [2.45, 2.75) is 30.9 Å². The number of fused-ring (bicyclic) bond motifs is 1. The lowest BCUT2D eigenvalue weighted by Crippen LogP contribution is -2.48. The number of aliphatic hydroxyl groups excluding tert-OH is 1. The van der Waals surface area contributed by atoms with E-state index < -0.39 is 22.9 Å². The van der Waals surface area contributed by atoms with E-state index in [9.17, 15) is 20.0 Å². The maximum absolute atomic E-state index is 13.7. The van der Waals surface area contributed by atoms with Gasteiger partial charge in [0.15, 0.2) is 5.72 Å². The first-order chi connectivity index (χ1) is 16.4. The van der Waals surface area contributed by atoms with Crippen LogP contribution in [0.2, 0.25) is 5.02 Å². The molecule has 7 nitrogen and oxygen atoms in total. The van der Waals surface area contributed by atoms with E-state index in [1.807, 2.05) is 24.3 Å². The standard InChI is InChI=1S/C26H21ClN2O5/c27-19-9-7-18(8-10-19)26(34-22-14-13-21(30)15-22)24-4-2-1-3-23(24)25(31)28(26)16-17-5-11-20(12-6-17)29(32)33/h1-14,21-22,30H,15-16H2/t21-,22?,26?/m1/s1. The van der Waals surface area contributed by atoms with Gasteiger partial charge in [-0.2, -0.15) is 0 Å².